The van der Waals surface area contributed by atoms with E-state index in [1.807, 2.05) is 0 Å². The number of methoxy groups -OCH3 is 1. The minimum Gasteiger partial charge on any atom is -0.467 e. The predicted octanol–water partition coefficient (Wildman–Crippen LogP) is -0.111. The van der Waals surface area contributed by atoms with Gasteiger partial charge in [-0.25, -0.2) is 4.79 Å². The Morgan fingerprint density at radius 1 is 1.20 bits per heavy atom. The van der Waals surface area contributed by atoms with Crippen molar-refractivity contribution in [3.8, 4) is 0 Å². The van der Waals surface area contributed by atoms with Gasteiger partial charge in [0.2, 0.25) is 0 Å². The number of esters is 1. The first-order valence-electron chi connectivity index (χ1n) is 3.90. The smallest absolute Gasteiger partial charge is 0.369 e. The zero-order chi connectivity index (χ0) is 12.3. The molecule has 0 fully saturated rings. The van der Waals surface area contributed by atoms with Crippen LogP contribution in [-0.2, 0) is 27.9 Å². The molecule has 1 unspecified atom stereocenters. The summed E-state index contributed by atoms with van der Waals surface area (Å²) >= 11 is 0. The van der Waals surface area contributed by atoms with E-state index in [9.17, 15) is 14.2 Å². The van der Waals surface area contributed by atoms with Gasteiger partial charge in [-0.1, -0.05) is 0 Å². The van der Waals surface area contributed by atoms with E-state index < -0.39 is 24.6 Å². The van der Waals surface area contributed by atoms with Crippen LogP contribution >= 0.6 is 7.60 Å². The molecule has 0 amide bonds. The van der Waals surface area contributed by atoms with E-state index >= 15 is 0 Å². The number of carbonyl (C=O) groups excluding carboxylic acids is 2. The maximum absolute atomic E-state index is 11.9. The Morgan fingerprint density at radius 2 is 1.60 bits per heavy atom. The van der Waals surface area contributed by atoms with E-state index in [1.54, 1.807) is 0 Å². The first-order valence-corrected chi connectivity index (χ1v) is 5.44. The van der Waals surface area contributed by atoms with Crippen molar-refractivity contribution in [1.82, 2.24) is 0 Å². The molecule has 0 heterocycles. The molecule has 0 radical (unpaired) electrons. The second-order valence-corrected chi connectivity index (χ2v) is 5.11. The van der Waals surface area contributed by atoms with Crippen LogP contribution in [0.5, 0.6) is 0 Å². The molecular weight excluding hydrogens is 225 g/mol. The maximum atomic E-state index is 11.9. The summed E-state index contributed by atoms with van der Waals surface area (Å²) in [5.41, 5.74) is 5.46. The summed E-state index contributed by atoms with van der Waals surface area (Å²) in [6.45, 7) is 1.00. The van der Waals surface area contributed by atoms with Gasteiger partial charge in [0.25, 0.3) is 5.28 Å². The van der Waals surface area contributed by atoms with Crippen molar-refractivity contribution >= 4 is 19.3 Å². The minimum atomic E-state index is -4.08. The van der Waals surface area contributed by atoms with E-state index in [4.69, 9.17) is 5.73 Å². The Morgan fingerprint density at radius 3 is 1.80 bits per heavy atom. The molecule has 0 aliphatic rings. The minimum absolute atomic E-state index is 0.860. The third kappa shape index (κ3) is 2.10. The highest BCUT2D eigenvalue weighted by atomic mass is 31.2. The van der Waals surface area contributed by atoms with Crippen molar-refractivity contribution in [1.29, 1.82) is 0 Å². The lowest BCUT2D eigenvalue weighted by molar-refractivity contribution is -0.147. The van der Waals surface area contributed by atoms with E-state index in [1.165, 1.54) is 0 Å². The Balaban J connectivity index is 5.58. The van der Waals surface area contributed by atoms with Crippen LogP contribution in [0.15, 0.2) is 0 Å². The summed E-state index contributed by atoms with van der Waals surface area (Å²) in [7, 11) is -1.01. The quantitative estimate of drug-likeness (QED) is 0.405. The van der Waals surface area contributed by atoms with Gasteiger partial charge in [-0.3, -0.25) is 15.1 Å². The highest BCUT2D eigenvalue weighted by Gasteiger charge is 2.58. The summed E-state index contributed by atoms with van der Waals surface area (Å²) in [6.07, 6.45) is 0. The molecule has 0 aromatic rings. The molecule has 0 rings (SSSR count). The third-order valence-electron chi connectivity index (χ3n) is 1.95. The van der Waals surface area contributed by atoms with Crippen LogP contribution in [0.25, 0.3) is 0 Å². The van der Waals surface area contributed by atoms with Crippen LogP contribution in [0, 0.1) is 0 Å². The van der Waals surface area contributed by atoms with Crippen LogP contribution in [0.3, 0.4) is 0 Å². The molecule has 0 saturated heterocycles. The van der Waals surface area contributed by atoms with Gasteiger partial charge in [0.15, 0.2) is 5.78 Å². The molecule has 2 N–H and O–H groups in total. The van der Waals surface area contributed by atoms with E-state index in [-0.39, 0.29) is 0 Å². The SMILES string of the molecule is COC(=O)C(N)(C(C)=O)P(=O)(OC)OC. The summed E-state index contributed by atoms with van der Waals surface area (Å²) in [6, 6.07) is 0. The van der Waals surface area contributed by atoms with Crippen molar-refractivity contribution in [3.05, 3.63) is 0 Å². The molecule has 0 bridgehead atoms. The number of hydrogen-bond donors (Lipinski definition) is 1. The predicted molar refractivity (Wildman–Crippen MR) is 51.2 cm³/mol. The largest absolute Gasteiger partial charge is 0.467 e. The number of nitrogens with two attached hydrogens (primary N) is 1. The summed E-state index contributed by atoms with van der Waals surface area (Å²) in [5, 5.41) is -2.43. The molecule has 0 spiro atoms. The Hall–Kier alpha value is -0.750. The summed E-state index contributed by atoms with van der Waals surface area (Å²) in [5.74, 6) is -2.02. The van der Waals surface area contributed by atoms with Crippen LogP contribution in [0.4, 0.5) is 0 Å². The third-order valence-corrected chi connectivity index (χ3v) is 4.27. The monoisotopic (exact) mass is 239 g/mol. The van der Waals surface area contributed by atoms with Gasteiger partial charge in [-0.15, -0.1) is 0 Å². The van der Waals surface area contributed by atoms with Crippen LogP contribution < -0.4 is 5.73 Å². The van der Waals surface area contributed by atoms with E-state index in [0.717, 1.165) is 28.3 Å². The van der Waals surface area contributed by atoms with Gasteiger partial charge in [-0.05, 0) is 6.92 Å². The lowest BCUT2D eigenvalue weighted by atomic mass is 10.2. The van der Waals surface area contributed by atoms with Gasteiger partial charge < -0.3 is 13.8 Å². The molecule has 15 heavy (non-hydrogen) atoms. The first-order chi connectivity index (χ1) is 6.80. The van der Waals surface area contributed by atoms with Crippen LogP contribution in [0.1, 0.15) is 6.92 Å². The average Bonchev–Trinajstić information content (AvgIpc) is 2.25. The number of carbonyl (C=O) groups is 2. The molecule has 8 heteroatoms. The molecule has 7 nitrogen and oxygen atoms in total. The first kappa shape index (κ1) is 14.2. The number of hydrogen-bond acceptors (Lipinski definition) is 7. The maximum Gasteiger partial charge on any atom is 0.369 e. The highest BCUT2D eigenvalue weighted by molar-refractivity contribution is 7.58. The highest BCUT2D eigenvalue weighted by Crippen LogP contribution is 2.57. The Kier molecular flexibility index (Phi) is 4.61. The zero-order valence-electron chi connectivity index (χ0n) is 8.97. The normalized spacial score (nSPS) is 15.5. The van der Waals surface area contributed by atoms with Gasteiger partial charge in [0.05, 0.1) is 7.11 Å². The summed E-state index contributed by atoms with van der Waals surface area (Å²) < 4.78 is 25.3. The number of ketones is 1. The van der Waals surface area contributed by atoms with E-state index in [0.29, 0.717) is 0 Å². The molecule has 0 saturated carbocycles. The fraction of sp³-hybridized carbons (Fsp3) is 0.714. The molecular formula is C7H14NO6P. The summed E-state index contributed by atoms with van der Waals surface area (Å²) in [4.78, 5) is 22.6. The molecule has 0 aliphatic carbocycles. The van der Waals surface area contributed by atoms with Crippen LogP contribution in [0.2, 0.25) is 0 Å². The molecule has 88 valence electrons. The zero-order valence-corrected chi connectivity index (χ0v) is 9.87. The second-order valence-electron chi connectivity index (χ2n) is 2.68. The van der Waals surface area contributed by atoms with Crippen molar-refractivity contribution in [2.24, 2.45) is 5.73 Å². The standard InChI is InChI=1S/C7H14NO6P/c1-5(9)7(8,6(10)12-2)15(11,13-3)14-4/h8H2,1-4H3. The second kappa shape index (κ2) is 4.85. The Bertz CT molecular complexity index is 309. The fourth-order valence-corrected chi connectivity index (χ4v) is 2.39. The van der Waals surface area contributed by atoms with Gasteiger partial charge in [-0.2, -0.15) is 0 Å². The van der Waals surface area contributed by atoms with Gasteiger partial charge >= 0.3 is 13.6 Å². The van der Waals surface area contributed by atoms with Crippen molar-refractivity contribution in [2.75, 3.05) is 21.3 Å². The lowest BCUT2D eigenvalue weighted by Crippen LogP contribution is -2.54. The van der Waals surface area contributed by atoms with Gasteiger partial charge in [0, 0.05) is 14.2 Å². The Labute approximate surface area is 87.4 Å². The molecule has 1 atom stereocenters. The lowest BCUT2D eigenvalue weighted by Gasteiger charge is -2.29. The van der Waals surface area contributed by atoms with Crippen molar-refractivity contribution in [3.63, 3.8) is 0 Å². The van der Waals surface area contributed by atoms with Crippen molar-refractivity contribution in [2.45, 2.75) is 12.2 Å². The number of rotatable bonds is 5. The topological polar surface area (TPSA) is 105 Å². The fourth-order valence-electron chi connectivity index (χ4n) is 0.966. The van der Waals surface area contributed by atoms with Gasteiger partial charge in [0.1, 0.15) is 0 Å². The average molecular weight is 239 g/mol. The molecule has 0 aliphatic heterocycles. The number of ether oxygens (including phenoxy) is 1. The molecule has 0 aromatic heterocycles. The van der Waals surface area contributed by atoms with Crippen molar-refractivity contribution < 1.29 is 27.9 Å². The van der Waals surface area contributed by atoms with Crippen LogP contribution in [-0.4, -0.2) is 38.4 Å². The van der Waals surface area contributed by atoms with E-state index in [2.05, 4.69) is 13.8 Å². The molecule has 0 aromatic carbocycles. The number of Topliss-reactive ketones (excluding diaryl/α,β-unsaturated/α-hetero) is 1.